The van der Waals surface area contributed by atoms with Crippen LogP contribution in [0.25, 0.3) is 0 Å². The van der Waals surface area contributed by atoms with Gasteiger partial charge in [0.15, 0.2) is 0 Å². The summed E-state index contributed by atoms with van der Waals surface area (Å²) in [5.41, 5.74) is 0. The molecule has 0 aromatic rings. The number of alkyl halides is 2. The Morgan fingerprint density at radius 3 is 2.46 bits per heavy atom. The molecule has 0 fully saturated rings. The van der Waals surface area contributed by atoms with Crippen molar-refractivity contribution >= 4 is 7.60 Å². The molecule has 0 heterocycles. The minimum absolute atomic E-state index is 0.115. The molecule has 0 aliphatic rings. The highest BCUT2D eigenvalue weighted by Gasteiger charge is 2.29. The minimum atomic E-state index is -3.66. The molecule has 0 aromatic carbocycles. The van der Waals surface area contributed by atoms with Gasteiger partial charge in [0, 0.05) is 6.66 Å². The summed E-state index contributed by atoms with van der Waals surface area (Å²) in [6, 6.07) is 0. The molecule has 80 valence electrons. The first-order valence-corrected chi connectivity index (χ1v) is 5.76. The Kier molecular flexibility index (Phi) is 4.99. The van der Waals surface area contributed by atoms with Gasteiger partial charge in [-0.25, -0.2) is 0 Å². The molecule has 0 spiro atoms. The van der Waals surface area contributed by atoms with E-state index >= 15 is 0 Å². The largest absolute Gasteiger partial charge is 0.357 e. The number of rotatable bonds is 6. The third-order valence-electron chi connectivity index (χ3n) is 1.08. The Balaban J connectivity index is 3.69. The minimum Gasteiger partial charge on any atom is -0.324 e. The normalized spacial score (nSPS) is 17.0. The fourth-order valence-corrected chi connectivity index (χ4v) is 1.05. The summed E-state index contributed by atoms with van der Waals surface area (Å²) in [5, 5.41) is 0. The van der Waals surface area contributed by atoms with E-state index in [-0.39, 0.29) is 6.61 Å². The maximum absolute atomic E-state index is 12.5. The van der Waals surface area contributed by atoms with E-state index in [1.54, 1.807) is 0 Å². The van der Waals surface area contributed by atoms with Gasteiger partial charge < -0.3 is 14.2 Å². The van der Waals surface area contributed by atoms with Crippen molar-refractivity contribution < 1.29 is 27.5 Å². The van der Waals surface area contributed by atoms with Gasteiger partial charge in [-0.15, -0.1) is 0 Å². The molecule has 0 aliphatic carbocycles. The first-order valence-electron chi connectivity index (χ1n) is 3.73. The molecular weight excluding hydrogens is 205 g/mol. The van der Waals surface area contributed by atoms with Crippen LogP contribution in [-0.2, 0) is 13.8 Å². The highest BCUT2D eigenvalue weighted by Crippen LogP contribution is 2.37. The Morgan fingerprint density at radius 1 is 1.54 bits per heavy atom. The van der Waals surface area contributed by atoms with Crippen LogP contribution in [0.1, 0.15) is 13.3 Å². The molecule has 0 amide bonds. The fraction of sp³-hybridized carbons (Fsp3) is 1.00. The lowest BCUT2D eigenvalue weighted by Crippen LogP contribution is -2.22. The van der Waals surface area contributed by atoms with Crippen LogP contribution in [0.4, 0.5) is 8.78 Å². The highest BCUT2D eigenvalue weighted by atomic mass is 31.2. The molecule has 1 N–H and O–H groups in total. The van der Waals surface area contributed by atoms with Gasteiger partial charge in [-0.05, 0) is 6.92 Å². The molecule has 0 radical (unpaired) electrons. The first-order chi connectivity index (χ1) is 5.77. The zero-order chi connectivity index (χ0) is 10.5. The van der Waals surface area contributed by atoms with Crippen molar-refractivity contribution in [3.63, 3.8) is 0 Å². The average molecular weight is 218 g/mol. The Bertz CT molecular complexity index is 191. The van der Waals surface area contributed by atoms with Crippen molar-refractivity contribution in [2.24, 2.45) is 0 Å². The van der Waals surface area contributed by atoms with E-state index in [1.165, 1.54) is 6.92 Å². The van der Waals surface area contributed by atoms with Gasteiger partial charge in [0.1, 0.15) is 0 Å². The second-order valence-electron chi connectivity index (χ2n) is 2.46. The van der Waals surface area contributed by atoms with Crippen LogP contribution in [0.5, 0.6) is 0 Å². The molecule has 0 saturated heterocycles. The van der Waals surface area contributed by atoms with E-state index in [0.717, 1.165) is 6.66 Å². The van der Waals surface area contributed by atoms with Crippen LogP contribution < -0.4 is 0 Å². The molecular formula is C6H13F2O4P. The zero-order valence-electron chi connectivity index (χ0n) is 7.50. The van der Waals surface area contributed by atoms with Gasteiger partial charge in [-0.3, -0.25) is 4.57 Å². The van der Waals surface area contributed by atoms with Crippen LogP contribution in [-0.4, -0.2) is 30.9 Å². The summed E-state index contributed by atoms with van der Waals surface area (Å²) in [6.07, 6.45) is -4.01. The van der Waals surface area contributed by atoms with Crippen molar-refractivity contribution in [1.82, 2.24) is 0 Å². The van der Waals surface area contributed by atoms with E-state index in [9.17, 15) is 13.3 Å². The maximum Gasteiger partial charge on any atom is 0.357 e. The smallest absolute Gasteiger partial charge is 0.324 e. The van der Waals surface area contributed by atoms with Gasteiger partial charge in [0.2, 0.25) is 0 Å². The van der Waals surface area contributed by atoms with Gasteiger partial charge in [0.05, 0.1) is 19.6 Å². The zero-order valence-corrected chi connectivity index (χ0v) is 8.39. The van der Waals surface area contributed by atoms with Gasteiger partial charge in [-0.1, -0.05) is 0 Å². The molecule has 1 atom stereocenters. The summed E-state index contributed by atoms with van der Waals surface area (Å²) in [5.74, 6) is 0. The first kappa shape index (κ1) is 13.0. The Labute approximate surface area is 75.4 Å². The number of hydrogen-bond donors (Lipinski definition) is 1. The number of halogens is 2. The van der Waals surface area contributed by atoms with Gasteiger partial charge in [0.25, 0.3) is 0 Å². The molecule has 0 aromatic heterocycles. The molecule has 0 aliphatic heterocycles. The summed E-state index contributed by atoms with van der Waals surface area (Å²) >= 11 is 0. The lowest BCUT2D eigenvalue weighted by Gasteiger charge is -2.15. The number of hydrogen-bond acceptors (Lipinski definition) is 3. The third-order valence-corrected chi connectivity index (χ3v) is 1.74. The second-order valence-corrected chi connectivity index (χ2v) is 4.32. The van der Waals surface area contributed by atoms with E-state index in [4.69, 9.17) is 4.89 Å². The molecule has 0 rings (SSSR count). The fourth-order valence-electron chi connectivity index (χ4n) is 0.617. The van der Waals surface area contributed by atoms with Crippen LogP contribution in [0, 0.1) is 0 Å². The molecule has 0 saturated carbocycles. The number of ether oxygens (including phenoxy) is 1. The predicted molar refractivity (Wildman–Crippen MR) is 42.9 cm³/mol. The lowest BCUT2D eigenvalue weighted by atomic mass is 10.4. The van der Waals surface area contributed by atoms with Gasteiger partial charge >= 0.3 is 13.7 Å². The van der Waals surface area contributed by atoms with E-state index < -0.39 is 26.7 Å². The molecule has 1 unspecified atom stereocenters. The van der Waals surface area contributed by atoms with Crippen molar-refractivity contribution in [2.75, 3.05) is 19.9 Å². The van der Waals surface area contributed by atoms with Crippen LogP contribution in [0.15, 0.2) is 0 Å². The topological polar surface area (TPSA) is 55.8 Å². The standard InChI is InChI=1S/C6H13F2O4P/c1-3-11-6(7,8)4-5-12-13(2,9)10/h3-5H2,1-2H3,(H,9,10). The molecule has 0 bridgehead atoms. The summed E-state index contributed by atoms with van der Waals surface area (Å²) < 4.78 is 43.9. The molecule has 4 nitrogen and oxygen atoms in total. The van der Waals surface area contributed by atoms with Crippen molar-refractivity contribution in [3.8, 4) is 0 Å². The maximum atomic E-state index is 12.5. The highest BCUT2D eigenvalue weighted by molar-refractivity contribution is 7.51. The quantitative estimate of drug-likeness (QED) is 0.691. The van der Waals surface area contributed by atoms with Crippen molar-refractivity contribution in [2.45, 2.75) is 19.5 Å². The Hall–Kier alpha value is -0.0300. The third kappa shape index (κ3) is 8.30. The molecule has 13 heavy (non-hydrogen) atoms. The second kappa shape index (κ2) is 5.00. The van der Waals surface area contributed by atoms with Crippen LogP contribution in [0.3, 0.4) is 0 Å². The van der Waals surface area contributed by atoms with E-state index in [0.29, 0.717) is 0 Å². The summed E-state index contributed by atoms with van der Waals surface area (Å²) in [6.45, 7) is 1.75. The predicted octanol–water partition coefficient (Wildman–Crippen LogP) is 1.84. The monoisotopic (exact) mass is 218 g/mol. The van der Waals surface area contributed by atoms with Crippen LogP contribution in [0.2, 0.25) is 0 Å². The van der Waals surface area contributed by atoms with E-state index in [2.05, 4.69) is 9.26 Å². The summed E-state index contributed by atoms with van der Waals surface area (Å²) in [7, 11) is -3.66. The SMILES string of the molecule is CCOC(F)(F)CCOP(C)(=O)O. The lowest BCUT2D eigenvalue weighted by molar-refractivity contribution is -0.241. The summed E-state index contributed by atoms with van der Waals surface area (Å²) in [4.78, 5) is 8.59. The molecule has 7 heteroatoms. The average Bonchev–Trinajstić information content (AvgIpc) is 1.82. The van der Waals surface area contributed by atoms with E-state index in [1.807, 2.05) is 0 Å². The van der Waals surface area contributed by atoms with Gasteiger partial charge in [-0.2, -0.15) is 8.78 Å². The Morgan fingerprint density at radius 2 is 2.08 bits per heavy atom. The van der Waals surface area contributed by atoms with Crippen molar-refractivity contribution in [3.05, 3.63) is 0 Å². The van der Waals surface area contributed by atoms with Crippen molar-refractivity contribution in [1.29, 1.82) is 0 Å². The van der Waals surface area contributed by atoms with Crippen LogP contribution >= 0.6 is 7.60 Å².